The zero-order valence-corrected chi connectivity index (χ0v) is 12.7. The van der Waals surface area contributed by atoms with Gasteiger partial charge in [0.2, 0.25) is 0 Å². The van der Waals surface area contributed by atoms with E-state index in [1.807, 2.05) is 11.8 Å². The Hall–Kier alpha value is -1.26. The molecule has 1 fully saturated rings. The molecule has 3 heterocycles. The zero-order valence-electron chi connectivity index (χ0n) is 11.2. The Morgan fingerprint density at radius 2 is 1.95 bits per heavy atom. The monoisotopic (exact) mass is 311 g/mol. The lowest BCUT2D eigenvalue weighted by Crippen LogP contribution is -2.36. The summed E-state index contributed by atoms with van der Waals surface area (Å²) in [5.41, 5.74) is 1.82. The first kappa shape index (κ1) is 13.7. The van der Waals surface area contributed by atoms with E-state index in [1.165, 1.54) is 6.42 Å². The maximum Gasteiger partial charge on any atom is 0.272 e. The molecule has 0 bridgehead atoms. The third-order valence-corrected chi connectivity index (χ3v) is 4.15. The lowest BCUT2D eigenvalue weighted by molar-refractivity contribution is 0.0716. The van der Waals surface area contributed by atoms with Crippen LogP contribution in [0.4, 0.5) is 0 Å². The second kappa shape index (κ2) is 5.26. The maximum absolute atomic E-state index is 12.7. The number of halogens is 2. The molecule has 3 rings (SSSR count). The molecule has 0 N–H and O–H groups in total. The van der Waals surface area contributed by atoms with Gasteiger partial charge in [0.05, 0.1) is 15.7 Å². The highest BCUT2D eigenvalue weighted by molar-refractivity contribution is 6.36. The van der Waals surface area contributed by atoms with Crippen LogP contribution < -0.4 is 0 Å². The second-order valence-corrected chi connectivity index (χ2v) is 5.94. The minimum absolute atomic E-state index is 0.00744. The van der Waals surface area contributed by atoms with Crippen molar-refractivity contribution >= 4 is 34.8 Å². The number of rotatable bonds is 1. The summed E-state index contributed by atoms with van der Waals surface area (Å²) in [6.45, 7) is 3.44. The van der Waals surface area contributed by atoms with Crippen molar-refractivity contribution in [2.45, 2.75) is 26.2 Å². The number of likely N-dealkylation sites (tertiary alicyclic amines) is 1. The van der Waals surface area contributed by atoms with E-state index in [0.29, 0.717) is 27.1 Å². The molecule has 0 unspecified atom stereocenters. The lowest BCUT2D eigenvalue weighted by atomic mass is 10.1. The van der Waals surface area contributed by atoms with Crippen molar-refractivity contribution in [1.29, 1.82) is 0 Å². The average Bonchev–Trinajstić information content (AvgIpc) is 2.76. The Morgan fingerprint density at radius 3 is 2.65 bits per heavy atom. The molecule has 0 saturated carbocycles. The van der Waals surface area contributed by atoms with E-state index in [2.05, 4.69) is 4.98 Å². The number of pyridine rings is 1. The van der Waals surface area contributed by atoms with Gasteiger partial charge < -0.3 is 4.90 Å². The van der Waals surface area contributed by atoms with Gasteiger partial charge in [-0.05, 0) is 32.3 Å². The quantitative estimate of drug-likeness (QED) is 0.807. The summed E-state index contributed by atoms with van der Waals surface area (Å²) in [6.07, 6.45) is 5.00. The molecule has 0 radical (unpaired) electrons. The largest absolute Gasteiger partial charge is 0.337 e. The highest BCUT2D eigenvalue weighted by atomic mass is 35.5. The molecule has 1 amide bonds. The molecule has 4 nitrogen and oxygen atoms in total. The van der Waals surface area contributed by atoms with Crippen LogP contribution in [0.2, 0.25) is 10.0 Å². The predicted molar refractivity (Wildman–Crippen MR) is 79.7 cm³/mol. The molecule has 0 aliphatic carbocycles. The molecule has 106 valence electrons. The van der Waals surface area contributed by atoms with Gasteiger partial charge in [-0.15, -0.1) is 0 Å². The summed E-state index contributed by atoms with van der Waals surface area (Å²) in [7, 11) is 0. The van der Waals surface area contributed by atoms with Gasteiger partial charge in [-0.3, -0.25) is 9.20 Å². The molecule has 0 spiro atoms. The Kier molecular flexibility index (Phi) is 3.61. The van der Waals surface area contributed by atoms with Gasteiger partial charge in [-0.1, -0.05) is 23.2 Å². The zero-order chi connectivity index (χ0) is 14.3. The van der Waals surface area contributed by atoms with Gasteiger partial charge in [0, 0.05) is 19.3 Å². The first-order valence-corrected chi connectivity index (χ1v) is 7.46. The fraction of sp³-hybridized carbons (Fsp3) is 0.429. The Labute approximate surface area is 127 Å². The number of amides is 1. The van der Waals surface area contributed by atoms with Crippen LogP contribution >= 0.6 is 23.2 Å². The minimum atomic E-state index is 0.00744. The van der Waals surface area contributed by atoms with Crippen molar-refractivity contribution in [3.05, 3.63) is 33.7 Å². The van der Waals surface area contributed by atoms with Crippen LogP contribution in [0.3, 0.4) is 0 Å². The second-order valence-electron chi connectivity index (χ2n) is 5.10. The minimum Gasteiger partial charge on any atom is -0.337 e. The van der Waals surface area contributed by atoms with Crippen LogP contribution in [0.25, 0.3) is 5.65 Å². The van der Waals surface area contributed by atoms with Gasteiger partial charge in [-0.2, -0.15) is 0 Å². The van der Waals surface area contributed by atoms with Gasteiger partial charge in [0.1, 0.15) is 5.69 Å². The van der Waals surface area contributed by atoms with E-state index in [-0.39, 0.29) is 5.91 Å². The number of nitrogens with zero attached hydrogens (tertiary/aromatic N) is 3. The van der Waals surface area contributed by atoms with E-state index in [0.717, 1.165) is 25.9 Å². The van der Waals surface area contributed by atoms with E-state index >= 15 is 0 Å². The molecule has 0 aromatic carbocycles. The number of carbonyl (C=O) groups excluding carboxylic acids is 1. The number of carbonyl (C=O) groups is 1. The molecule has 1 saturated heterocycles. The third kappa shape index (κ3) is 2.27. The molecule has 6 heteroatoms. The first-order valence-electron chi connectivity index (χ1n) is 6.71. The fourth-order valence-corrected chi connectivity index (χ4v) is 3.20. The van der Waals surface area contributed by atoms with Crippen molar-refractivity contribution in [2.24, 2.45) is 0 Å². The SMILES string of the molecule is Cc1nc2c(Cl)cc(Cl)cn2c1C(=O)N1CCCCC1. The van der Waals surface area contributed by atoms with Crippen LogP contribution in [0.1, 0.15) is 35.4 Å². The van der Waals surface area contributed by atoms with Crippen molar-refractivity contribution in [2.75, 3.05) is 13.1 Å². The molecular formula is C14H15Cl2N3O. The third-order valence-electron chi connectivity index (χ3n) is 3.66. The number of piperidine rings is 1. The average molecular weight is 312 g/mol. The van der Waals surface area contributed by atoms with E-state index < -0.39 is 0 Å². The standard InChI is InChI=1S/C14H15Cl2N3O/c1-9-12(14(20)18-5-3-2-4-6-18)19-8-10(15)7-11(16)13(19)17-9/h7-8H,2-6H2,1H3. The number of aryl methyl sites for hydroxylation is 1. The Balaban J connectivity index is 2.10. The number of hydrogen-bond acceptors (Lipinski definition) is 2. The summed E-state index contributed by atoms with van der Waals surface area (Å²) in [5, 5.41) is 0.950. The van der Waals surface area contributed by atoms with Crippen LogP contribution in [0.5, 0.6) is 0 Å². The molecule has 1 aliphatic heterocycles. The number of hydrogen-bond donors (Lipinski definition) is 0. The predicted octanol–water partition coefficient (Wildman–Crippen LogP) is 3.58. The fourth-order valence-electron chi connectivity index (χ4n) is 2.69. The number of imidazole rings is 1. The first-order chi connectivity index (χ1) is 9.58. The molecule has 2 aromatic heterocycles. The van der Waals surface area contributed by atoms with Crippen molar-refractivity contribution in [1.82, 2.24) is 14.3 Å². The van der Waals surface area contributed by atoms with Crippen molar-refractivity contribution in [3.63, 3.8) is 0 Å². The summed E-state index contributed by atoms with van der Waals surface area (Å²) in [5.74, 6) is 0.00744. The van der Waals surface area contributed by atoms with Gasteiger partial charge in [0.25, 0.3) is 5.91 Å². The summed E-state index contributed by atoms with van der Waals surface area (Å²) < 4.78 is 1.71. The maximum atomic E-state index is 12.7. The topological polar surface area (TPSA) is 37.6 Å². The van der Waals surface area contributed by atoms with Crippen molar-refractivity contribution < 1.29 is 4.79 Å². The number of aromatic nitrogens is 2. The highest BCUT2D eigenvalue weighted by Gasteiger charge is 2.24. The van der Waals surface area contributed by atoms with E-state index in [9.17, 15) is 4.79 Å². The van der Waals surface area contributed by atoms with Gasteiger partial charge >= 0.3 is 0 Å². The molecular weight excluding hydrogens is 297 g/mol. The van der Waals surface area contributed by atoms with E-state index in [1.54, 1.807) is 16.7 Å². The summed E-state index contributed by atoms with van der Waals surface area (Å²) in [6, 6.07) is 1.64. The van der Waals surface area contributed by atoms with Gasteiger partial charge in [-0.25, -0.2) is 4.98 Å². The highest BCUT2D eigenvalue weighted by Crippen LogP contribution is 2.25. The number of fused-ring (bicyclic) bond motifs is 1. The molecule has 2 aromatic rings. The summed E-state index contributed by atoms with van der Waals surface area (Å²) >= 11 is 12.2. The van der Waals surface area contributed by atoms with Crippen LogP contribution in [0.15, 0.2) is 12.3 Å². The molecule has 20 heavy (non-hydrogen) atoms. The van der Waals surface area contributed by atoms with Crippen LogP contribution in [0, 0.1) is 6.92 Å². The summed E-state index contributed by atoms with van der Waals surface area (Å²) in [4.78, 5) is 19.0. The Bertz CT molecular complexity index is 675. The Morgan fingerprint density at radius 1 is 1.25 bits per heavy atom. The van der Waals surface area contributed by atoms with Crippen LogP contribution in [-0.4, -0.2) is 33.3 Å². The van der Waals surface area contributed by atoms with Crippen LogP contribution in [-0.2, 0) is 0 Å². The lowest BCUT2D eigenvalue weighted by Gasteiger charge is -2.26. The van der Waals surface area contributed by atoms with Crippen molar-refractivity contribution in [3.8, 4) is 0 Å². The normalized spacial score (nSPS) is 15.8. The van der Waals surface area contributed by atoms with Gasteiger partial charge in [0.15, 0.2) is 5.65 Å². The molecule has 1 aliphatic rings. The van der Waals surface area contributed by atoms with E-state index in [4.69, 9.17) is 23.2 Å². The smallest absolute Gasteiger partial charge is 0.272 e. The molecule has 0 atom stereocenters.